The second-order valence-corrected chi connectivity index (χ2v) is 5.32. The van der Waals surface area contributed by atoms with Gasteiger partial charge in [-0.1, -0.05) is 22.0 Å². The maximum atomic E-state index is 11.9. The van der Waals surface area contributed by atoms with Crippen molar-refractivity contribution in [3.63, 3.8) is 0 Å². The van der Waals surface area contributed by atoms with Crippen LogP contribution in [0, 0.1) is 6.92 Å². The Kier molecular flexibility index (Phi) is 4.39. The van der Waals surface area contributed by atoms with Crippen molar-refractivity contribution in [1.29, 1.82) is 0 Å². The molecule has 4 nitrogen and oxygen atoms in total. The van der Waals surface area contributed by atoms with E-state index in [4.69, 9.17) is 0 Å². The first-order chi connectivity index (χ1) is 9.51. The Labute approximate surface area is 125 Å². The number of benzene rings is 1. The molecule has 0 spiro atoms. The molecule has 0 N–H and O–H groups in total. The van der Waals surface area contributed by atoms with Crippen molar-refractivity contribution in [2.24, 2.45) is 0 Å². The minimum Gasteiger partial charge on any atom is -0.465 e. The van der Waals surface area contributed by atoms with Crippen LogP contribution in [-0.2, 0) is 11.3 Å². The lowest BCUT2D eigenvalue weighted by atomic mass is 10.1. The van der Waals surface area contributed by atoms with Gasteiger partial charge in [0.2, 0.25) is 0 Å². The van der Waals surface area contributed by atoms with E-state index in [0.717, 1.165) is 15.6 Å². The predicted molar refractivity (Wildman–Crippen MR) is 80.0 cm³/mol. The lowest BCUT2D eigenvalue weighted by Crippen LogP contribution is -2.19. The molecule has 2 rings (SSSR count). The molecular weight excluding hydrogens is 322 g/mol. The van der Waals surface area contributed by atoms with Crippen molar-refractivity contribution in [3.05, 3.63) is 68.0 Å². The van der Waals surface area contributed by atoms with Crippen LogP contribution in [0.3, 0.4) is 0 Å². The average Bonchev–Trinajstić information content (AvgIpc) is 2.42. The molecule has 0 fully saturated rings. The third kappa shape index (κ3) is 3.17. The summed E-state index contributed by atoms with van der Waals surface area (Å²) in [6, 6.07) is 8.67. The summed E-state index contributed by atoms with van der Waals surface area (Å²) < 4.78 is 7.05. The first-order valence-electron chi connectivity index (χ1n) is 6.05. The summed E-state index contributed by atoms with van der Waals surface area (Å²) in [7, 11) is 1.34. The third-order valence-corrected chi connectivity index (χ3v) is 3.70. The molecule has 0 aliphatic heterocycles. The van der Waals surface area contributed by atoms with E-state index in [2.05, 4.69) is 20.7 Å². The van der Waals surface area contributed by atoms with Gasteiger partial charge in [0.25, 0.3) is 5.56 Å². The number of nitrogens with zero attached hydrogens (tertiary/aromatic N) is 1. The van der Waals surface area contributed by atoms with Gasteiger partial charge in [-0.25, -0.2) is 4.79 Å². The molecule has 0 aliphatic rings. The SMILES string of the molecule is COC(=O)c1ccc(Cn2ccc(C)cc2=O)c(Br)c1. The van der Waals surface area contributed by atoms with Crippen LogP contribution >= 0.6 is 15.9 Å². The minimum absolute atomic E-state index is 0.0473. The summed E-state index contributed by atoms with van der Waals surface area (Å²) in [6.07, 6.45) is 1.76. The molecule has 5 heteroatoms. The number of methoxy groups -OCH3 is 1. The molecule has 0 unspecified atom stereocenters. The Morgan fingerprint density at radius 1 is 1.30 bits per heavy atom. The van der Waals surface area contributed by atoms with Gasteiger partial charge < -0.3 is 9.30 Å². The number of ether oxygens (including phenoxy) is 1. The largest absolute Gasteiger partial charge is 0.465 e. The van der Waals surface area contributed by atoms with E-state index in [9.17, 15) is 9.59 Å². The highest BCUT2D eigenvalue weighted by Gasteiger charge is 2.09. The summed E-state index contributed by atoms with van der Waals surface area (Å²) in [5.41, 5.74) is 2.28. The Hall–Kier alpha value is -1.88. The number of hydrogen-bond donors (Lipinski definition) is 0. The molecule has 1 heterocycles. The van der Waals surface area contributed by atoms with E-state index in [1.54, 1.807) is 29.0 Å². The number of aryl methyl sites for hydroxylation is 1. The first-order valence-corrected chi connectivity index (χ1v) is 6.84. The van der Waals surface area contributed by atoms with Gasteiger partial charge in [-0.3, -0.25) is 4.79 Å². The van der Waals surface area contributed by atoms with Crippen LogP contribution in [0.15, 0.2) is 45.8 Å². The van der Waals surface area contributed by atoms with E-state index < -0.39 is 0 Å². The van der Waals surface area contributed by atoms with Gasteiger partial charge in [0.1, 0.15) is 0 Å². The quantitative estimate of drug-likeness (QED) is 0.810. The van der Waals surface area contributed by atoms with E-state index in [0.29, 0.717) is 12.1 Å². The Morgan fingerprint density at radius 3 is 2.65 bits per heavy atom. The molecule has 1 aromatic carbocycles. The average molecular weight is 336 g/mol. The van der Waals surface area contributed by atoms with Crippen LogP contribution in [0.5, 0.6) is 0 Å². The highest BCUT2D eigenvalue weighted by molar-refractivity contribution is 9.10. The zero-order chi connectivity index (χ0) is 14.7. The number of rotatable bonds is 3. The topological polar surface area (TPSA) is 48.3 Å². The van der Waals surface area contributed by atoms with Crippen LogP contribution in [0.2, 0.25) is 0 Å². The molecule has 20 heavy (non-hydrogen) atoms. The van der Waals surface area contributed by atoms with Crippen LogP contribution in [0.4, 0.5) is 0 Å². The fourth-order valence-corrected chi connectivity index (χ4v) is 2.35. The zero-order valence-corrected chi connectivity index (χ0v) is 12.8. The zero-order valence-electron chi connectivity index (χ0n) is 11.2. The normalized spacial score (nSPS) is 10.3. The number of esters is 1. The Bertz CT molecular complexity index is 707. The number of carbonyl (C=O) groups is 1. The van der Waals surface area contributed by atoms with Crippen LogP contribution in [0.1, 0.15) is 21.5 Å². The summed E-state index contributed by atoms with van der Waals surface area (Å²) in [5, 5.41) is 0. The van der Waals surface area contributed by atoms with E-state index >= 15 is 0 Å². The summed E-state index contributed by atoms with van der Waals surface area (Å²) >= 11 is 3.42. The maximum absolute atomic E-state index is 11.9. The molecule has 0 bridgehead atoms. The van der Waals surface area contributed by atoms with Gasteiger partial charge in [-0.05, 0) is 36.2 Å². The van der Waals surface area contributed by atoms with Crippen molar-refractivity contribution in [1.82, 2.24) is 4.57 Å². The van der Waals surface area contributed by atoms with Gasteiger partial charge >= 0.3 is 5.97 Å². The molecule has 104 valence electrons. The maximum Gasteiger partial charge on any atom is 0.337 e. The highest BCUT2D eigenvalue weighted by Crippen LogP contribution is 2.20. The molecule has 0 radical (unpaired) electrons. The monoisotopic (exact) mass is 335 g/mol. The lowest BCUT2D eigenvalue weighted by Gasteiger charge is -2.09. The fraction of sp³-hybridized carbons (Fsp3) is 0.200. The molecular formula is C15H14BrNO3. The molecule has 0 saturated carbocycles. The minimum atomic E-state index is -0.384. The number of halogens is 1. The Morgan fingerprint density at radius 2 is 2.05 bits per heavy atom. The smallest absolute Gasteiger partial charge is 0.337 e. The van der Waals surface area contributed by atoms with E-state index in [-0.39, 0.29) is 11.5 Å². The van der Waals surface area contributed by atoms with Gasteiger partial charge in [0.05, 0.1) is 19.2 Å². The standard InChI is InChI=1S/C15H14BrNO3/c1-10-5-6-17(14(18)7-10)9-12-4-3-11(8-13(12)16)15(19)20-2/h3-8H,9H2,1-2H3. The van der Waals surface area contributed by atoms with Crippen molar-refractivity contribution in [3.8, 4) is 0 Å². The molecule has 0 aliphatic carbocycles. The second-order valence-electron chi connectivity index (χ2n) is 4.47. The van der Waals surface area contributed by atoms with E-state index in [1.165, 1.54) is 7.11 Å². The van der Waals surface area contributed by atoms with Crippen LogP contribution in [-0.4, -0.2) is 17.6 Å². The van der Waals surface area contributed by atoms with Crippen LogP contribution in [0.25, 0.3) is 0 Å². The summed E-state index contributed by atoms with van der Waals surface area (Å²) in [6.45, 7) is 2.33. The molecule has 0 saturated heterocycles. The molecule has 2 aromatic rings. The fourth-order valence-electron chi connectivity index (χ4n) is 1.84. The van der Waals surface area contributed by atoms with E-state index in [1.807, 2.05) is 19.1 Å². The van der Waals surface area contributed by atoms with Gasteiger partial charge in [-0.2, -0.15) is 0 Å². The highest BCUT2D eigenvalue weighted by atomic mass is 79.9. The third-order valence-electron chi connectivity index (χ3n) is 2.97. The number of carbonyl (C=O) groups excluding carboxylic acids is 1. The predicted octanol–water partition coefficient (Wildman–Crippen LogP) is 2.75. The van der Waals surface area contributed by atoms with Crippen molar-refractivity contribution in [2.75, 3.05) is 7.11 Å². The van der Waals surface area contributed by atoms with Gasteiger partial charge in [-0.15, -0.1) is 0 Å². The van der Waals surface area contributed by atoms with Crippen LogP contribution < -0.4 is 5.56 Å². The molecule has 0 atom stereocenters. The second kappa shape index (κ2) is 6.05. The molecule has 0 amide bonds. The lowest BCUT2D eigenvalue weighted by molar-refractivity contribution is 0.0600. The summed E-state index contributed by atoms with van der Waals surface area (Å²) in [5.74, 6) is -0.384. The molecule has 1 aromatic heterocycles. The summed E-state index contributed by atoms with van der Waals surface area (Å²) in [4.78, 5) is 23.3. The van der Waals surface area contributed by atoms with Crippen molar-refractivity contribution < 1.29 is 9.53 Å². The number of pyridine rings is 1. The van der Waals surface area contributed by atoms with Gasteiger partial charge in [0.15, 0.2) is 0 Å². The number of hydrogen-bond acceptors (Lipinski definition) is 3. The van der Waals surface area contributed by atoms with Crippen molar-refractivity contribution >= 4 is 21.9 Å². The van der Waals surface area contributed by atoms with Crippen molar-refractivity contribution in [2.45, 2.75) is 13.5 Å². The van der Waals surface area contributed by atoms with Gasteiger partial charge in [0, 0.05) is 16.7 Å². The Balaban J connectivity index is 2.30. The number of aromatic nitrogens is 1. The first kappa shape index (κ1) is 14.5.